The van der Waals surface area contributed by atoms with Crippen LogP contribution in [0.5, 0.6) is 0 Å². The third-order valence-electron chi connectivity index (χ3n) is 6.28. The van der Waals surface area contributed by atoms with Crippen molar-refractivity contribution in [1.82, 2.24) is 0 Å². The van der Waals surface area contributed by atoms with E-state index in [0.717, 1.165) is 44.0 Å². The Labute approximate surface area is 195 Å². The van der Waals surface area contributed by atoms with Gasteiger partial charge in [-0.1, -0.05) is 98.3 Å². The SMILES string of the molecule is CCC[Si](CCC)(CCC)OB(O[Si](CCC)(CCC)CCC)c1ccccc1C#N. The lowest BCUT2D eigenvalue weighted by Crippen LogP contribution is -2.55. The predicted molar refractivity (Wildman–Crippen MR) is 141 cm³/mol. The van der Waals surface area contributed by atoms with Gasteiger partial charge in [-0.3, -0.25) is 0 Å². The number of nitrogens with zero attached hydrogens (tertiary/aromatic N) is 1. The summed E-state index contributed by atoms with van der Waals surface area (Å²) in [6, 6.07) is 17.4. The second-order valence-corrected chi connectivity index (χ2v) is 17.3. The average molecular weight is 460 g/mol. The van der Waals surface area contributed by atoms with E-state index in [2.05, 4.69) is 53.7 Å². The molecule has 0 aliphatic carbocycles. The quantitative estimate of drug-likeness (QED) is 0.225. The molecule has 0 aliphatic heterocycles. The molecule has 1 aromatic rings. The second kappa shape index (κ2) is 15.1. The van der Waals surface area contributed by atoms with Crippen LogP contribution in [0.15, 0.2) is 24.3 Å². The van der Waals surface area contributed by atoms with Gasteiger partial charge in [-0.05, 0) is 47.8 Å². The summed E-state index contributed by atoms with van der Waals surface area (Å²) in [6.45, 7) is 13.7. The summed E-state index contributed by atoms with van der Waals surface area (Å²) < 4.78 is 14.4. The average Bonchev–Trinajstić information content (AvgIpc) is 2.74. The van der Waals surface area contributed by atoms with Crippen molar-refractivity contribution in [1.29, 1.82) is 5.26 Å². The first-order valence-corrected chi connectivity index (χ1v) is 17.9. The molecule has 0 bridgehead atoms. The van der Waals surface area contributed by atoms with Crippen LogP contribution in [-0.2, 0) is 8.69 Å². The van der Waals surface area contributed by atoms with Crippen molar-refractivity contribution in [2.24, 2.45) is 0 Å². The Kier molecular flexibility index (Phi) is 13.7. The lowest BCUT2D eigenvalue weighted by molar-refractivity contribution is 0.407. The lowest BCUT2D eigenvalue weighted by atomic mass is 9.77. The minimum absolute atomic E-state index is 0.386. The molecular formula is C25H46BNO2Si2. The zero-order valence-electron chi connectivity index (χ0n) is 21.1. The van der Waals surface area contributed by atoms with Gasteiger partial charge in [0.15, 0.2) is 16.6 Å². The Morgan fingerprint density at radius 1 is 0.677 bits per heavy atom. The van der Waals surface area contributed by atoms with E-state index in [-0.39, 0.29) is 7.12 Å². The Morgan fingerprint density at radius 2 is 1.03 bits per heavy atom. The van der Waals surface area contributed by atoms with Crippen molar-refractivity contribution in [2.45, 2.75) is 116 Å². The van der Waals surface area contributed by atoms with Crippen molar-refractivity contribution in [3.8, 4) is 6.07 Å². The zero-order valence-corrected chi connectivity index (χ0v) is 23.1. The minimum atomic E-state index is -1.96. The van der Waals surface area contributed by atoms with E-state index < -0.39 is 16.6 Å². The molecule has 1 aromatic carbocycles. The normalized spacial score (nSPS) is 12.0. The van der Waals surface area contributed by atoms with Crippen molar-refractivity contribution in [3.63, 3.8) is 0 Å². The van der Waals surface area contributed by atoms with Gasteiger partial charge in [0.1, 0.15) is 0 Å². The van der Waals surface area contributed by atoms with E-state index in [9.17, 15) is 5.26 Å². The van der Waals surface area contributed by atoms with E-state index in [1.807, 2.05) is 18.2 Å². The van der Waals surface area contributed by atoms with Crippen LogP contribution in [0.2, 0.25) is 36.3 Å². The van der Waals surface area contributed by atoms with Crippen LogP contribution in [0.4, 0.5) is 0 Å². The molecule has 0 fully saturated rings. The molecule has 0 saturated carbocycles. The fourth-order valence-electron chi connectivity index (χ4n) is 5.25. The summed E-state index contributed by atoms with van der Waals surface area (Å²) >= 11 is 0. The highest BCUT2D eigenvalue weighted by Gasteiger charge is 2.43. The molecule has 0 amide bonds. The highest BCUT2D eigenvalue weighted by Crippen LogP contribution is 2.32. The summed E-state index contributed by atoms with van der Waals surface area (Å²) in [5.41, 5.74) is 1.65. The molecule has 1 rings (SSSR count). The summed E-state index contributed by atoms with van der Waals surface area (Å²) in [7, 11) is -4.30. The second-order valence-electron chi connectivity index (χ2n) is 9.13. The largest absolute Gasteiger partial charge is 0.473 e. The number of rotatable bonds is 17. The molecule has 0 atom stereocenters. The van der Waals surface area contributed by atoms with Crippen LogP contribution in [0.1, 0.15) is 85.6 Å². The fraction of sp³-hybridized carbons (Fsp3) is 0.720. The maximum Gasteiger partial charge on any atom is 0.473 e. The predicted octanol–water partition coefficient (Wildman–Crippen LogP) is 7.64. The minimum Gasteiger partial charge on any atom is -0.449 e. The first kappa shape index (κ1) is 28.2. The van der Waals surface area contributed by atoms with Crippen molar-refractivity contribution < 1.29 is 8.69 Å². The van der Waals surface area contributed by atoms with Gasteiger partial charge in [0.25, 0.3) is 0 Å². The molecule has 0 aliphatic rings. The van der Waals surface area contributed by atoms with E-state index in [0.29, 0.717) is 5.56 Å². The van der Waals surface area contributed by atoms with Gasteiger partial charge in [-0.15, -0.1) is 0 Å². The number of hydrogen-bond donors (Lipinski definition) is 0. The van der Waals surface area contributed by atoms with Crippen LogP contribution in [0, 0.1) is 11.3 Å². The van der Waals surface area contributed by atoms with Crippen LogP contribution >= 0.6 is 0 Å². The topological polar surface area (TPSA) is 42.2 Å². The Morgan fingerprint density at radius 3 is 1.35 bits per heavy atom. The van der Waals surface area contributed by atoms with E-state index >= 15 is 0 Å². The molecule has 0 radical (unpaired) electrons. The maximum absolute atomic E-state index is 9.85. The number of nitriles is 1. The van der Waals surface area contributed by atoms with Crippen molar-refractivity contribution in [3.05, 3.63) is 29.8 Å². The van der Waals surface area contributed by atoms with Crippen LogP contribution in [-0.4, -0.2) is 23.8 Å². The van der Waals surface area contributed by atoms with Gasteiger partial charge >= 0.3 is 7.12 Å². The molecule has 0 saturated heterocycles. The molecule has 174 valence electrons. The molecule has 0 N–H and O–H groups in total. The standard InChI is InChI=1S/C25H46BNO2Si2/c1-7-17-30(18-8-2,19-9-3)28-26(25-16-14-13-15-24(25)23-27)29-31(20-10-4,21-11-5)22-12-6/h13-16H,7-12,17-22H2,1-6H3. The highest BCUT2D eigenvalue weighted by molar-refractivity contribution is 6.87. The molecule has 6 heteroatoms. The summed E-state index contributed by atoms with van der Waals surface area (Å²) in [5.74, 6) is 0. The summed E-state index contributed by atoms with van der Waals surface area (Å²) in [4.78, 5) is 0. The Balaban J connectivity index is 3.50. The third-order valence-corrected chi connectivity index (χ3v) is 16.2. The van der Waals surface area contributed by atoms with Gasteiger partial charge < -0.3 is 8.69 Å². The Hall–Kier alpha value is -0.871. The molecule has 3 nitrogen and oxygen atoms in total. The van der Waals surface area contributed by atoms with Gasteiger partial charge in [0.05, 0.1) is 11.6 Å². The van der Waals surface area contributed by atoms with E-state index in [1.165, 1.54) is 36.3 Å². The first-order chi connectivity index (χ1) is 15.0. The van der Waals surface area contributed by atoms with Crippen LogP contribution in [0.25, 0.3) is 0 Å². The summed E-state index contributed by atoms with van der Waals surface area (Å²) in [5, 5.41) is 9.85. The van der Waals surface area contributed by atoms with Crippen molar-refractivity contribution in [2.75, 3.05) is 0 Å². The third kappa shape index (κ3) is 8.53. The molecular weight excluding hydrogens is 413 g/mol. The van der Waals surface area contributed by atoms with E-state index in [4.69, 9.17) is 8.69 Å². The highest BCUT2D eigenvalue weighted by atomic mass is 28.4. The fourth-order valence-corrected chi connectivity index (χ4v) is 14.3. The Bertz CT molecular complexity index is 603. The smallest absolute Gasteiger partial charge is 0.449 e. The van der Waals surface area contributed by atoms with Crippen LogP contribution < -0.4 is 5.46 Å². The summed E-state index contributed by atoms with van der Waals surface area (Å²) in [6.07, 6.45) is 6.92. The van der Waals surface area contributed by atoms with Gasteiger partial charge in [0, 0.05) is 0 Å². The molecule has 0 spiro atoms. The van der Waals surface area contributed by atoms with Gasteiger partial charge in [-0.2, -0.15) is 5.26 Å². The van der Waals surface area contributed by atoms with Gasteiger partial charge in [0.2, 0.25) is 0 Å². The number of hydrogen-bond acceptors (Lipinski definition) is 3. The lowest BCUT2D eigenvalue weighted by Gasteiger charge is -2.39. The number of benzene rings is 1. The van der Waals surface area contributed by atoms with E-state index in [1.54, 1.807) is 0 Å². The van der Waals surface area contributed by atoms with Crippen LogP contribution in [0.3, 0.4) is 0 Å². The molecule has 0 unspecified atom stereocenters. The molecule has 31 heavy (non-hydrogen) atoms. The molecule has 0 heterocycles. The van der Waals surface area contributed by atoms with Crippen molar-refractivity contribution >= 4 is 29.2 Å². The molecule has 0 aromatic heterocycles. The maximum atomic E-state index is 9.85. The zero-order chi connectivity index (χ0) is 23.2. The van der Waals surface area contributed by atoms with Gasteiger partial charge in [-0.25, -0.2) is 0 Å². The first-order valence-electron chi connectivity index (χ1n) is 12.8. The monoisotopic (exact) mass is 459 g/mol.